The Balaban J connectivity index is 3.76. The van der Waals surface area contributed by atoms with Gasteiger partial charge in [-0.3, -0.25) is 0 Å². The minimum absolute atomic E-state index is 1.05. The molecule has 0 aliphatic carbocycles. The average Bonchev–Trinajstić information content (AvgIpc) is 2.42. The molecule has 0 spiro atoms. The summed E-state index contributed by atoms with van der Waals surface area (Å²) >= 11 is 4.29. The third kappa shape index (κ3) is 13.6. The highest BCUT2D eigenvalue weighted by Gasteiger charge is 2.19. The highest BCUT2D eigenvalue weighted by Crippen LogP contribution is 2.13. The first-order valence-electron chi connectivity index (χ1n) is 9.13. The van der Waals surface area contributed by atoms with E-state index in [9.17, 15) is 0 Å². The van der Waals surface area contributed by atoms with Crippen molar-refractivity contribution >= 4 is 12.6 Å². The molecule has 1 unspecified atom stereocenters. The first-order valence-corrected chi connectivity index (χ1v) is 9.76. The van der Waals surface area contributed by atoms with E-state index in [2.05, 4.69) is 45.6 Å². The van der Waals surface area contributed by atoms with Gasteiger partial charge in [0.15, 0.2) is 0 Å². The molecule has 1 atom stereocenters. The van der Waals surface area contributed by atoms with Crippen LogP contribution in [0.15, 0.2) is 0 Å². The fourth-order valence-corrected chi connectivity index (χ4v) is 3.33. The molecule has 0 heterocycles. The smallest absolute Gasteiger partial charge is 0.0784 e. The minimum Gasteiger partial charge on any atom is -0.326 e. The number of quaternary nitrogens is 1. The quantitative estimate of drug-likeness (QED) is 0.265. The van der Waals surface area contributed by atoms with Gasteiger partial charge in [0.25, 0.3) is 0 Å². The molecule has 0 fully saturated rings. The fraction of sp³-hybridized carbons (Fsp3) is 1.00. The second-order valence-corrected chi connectivity index (χ2v) is 7.59. The predicted molar refractivity (Wildman–Crippen MR) is 100 cm³/mol. The normalized spacial score (nSPS) is 14.6. The van der Waals surface area contributed by atoms with Gasteiger partial charge in [0.1, 0.15) is 0 Å². The summed E-state index contributed by atoms with van der Waals surface area (Å²) in [4.78, 5) is 2.29. The van der Waals surface area contributed by atoms with Crippen molar-refractivity contribution in [1.82, 2.24) is 4.90 Å². The maximum absolute atomic E-state index is 4.29. The van der Waals surface area contributed by atoms with Gasteiger partial charge in [0, 0.05) is 0 Å². The van der Waals surface area contributed by atoms with Gasteiger partial charge in [0.05, 0.1) is 26.7 Å². The van der Waals surface area contributed by atoms with Gasteiger partial charge in [-0.25, -0.2) is 0 Å². The molecule has 0 aliphatic rings. The van der Waals surface area contributed by atoms with Gasteiger partial charge >= 0.3 is 0 Å². The standard InChI is InChI=1S/C18H40N2S/c1-5-15-20(4,17-12-8-9-13-18-21)16-11-7-6-10-14-19(2)3/h5-18H2,1-4H3/p+1. The van der Waals surface area contributed by atoms with Crippen LogP contribution in [-0.2, 0) is 0 Å². The number of rotatable bonds is 15. The maximum atomic E-state index is 4.29. The van der Waals surface area contributed by atoms with Gasteiger partial charge in [-0.05, 0) is 71.3 Å². The van der Waals surface area contributed by atoms with Gasteiger partial charge < -0.3 is 9.38 Å². The summed E-state index contributed by atoms with van der Waals surface area (Å²) in [6.45, 7) is 7.67. The van der Waals surface area contributed by atoms with E-state index in [0.717, 1.165) is 5.75 Å². The minimum atomic E-state index is 1.05. The van der Waals surface area contributed by atoms with Crippen LogP contribution in [0.4, 0.5) is 0 Å². The van der Waals surface area contributed by atoms with Crippen molar-refractivity contribution in [3.8, 4) is 0 Å². The Kier molecular flexibility index (Phi) is 14.1. The number of hydrogen-bond acceptors (Lipinski definition) is 2. The van der Waals surface area contributed by atoms with E-state index in [1.807, 2.05) is 0 Å². The topological polar surface area (TPSA) is 3.24 Å². The summed E-state index contributed by atoms with van der Waals surface area (Å²) in [5, 5.41) is 0. The number of hydrogen-bond donors (Lipinski definition) is 1. The predicted octanol–water partition coefficient (Wildman–Crippen LogP) is 4.46. The highest BCUT2D eigenvalue weighted by molar-refractivity contribution is 7.80. The largest absolute Gasteiger partial charge is 0.326 e. The van der Waals surface area contributed by atoms with Crippen LogP contribution in [0.25, 0.3) is 0 Å². The molecule has 0 aliphatic heterocycles. The lowest BCUT2D eigenvalue weighted by molar-refractivity contribution is -0.910. The van der Waals surface area contributed by atoms with E-state index in [1.165, 1.54) is 88.4 Å². The van der Waals surface area contributed by atoms with E-state index in [1.54, 1.807) is 0 Å². The summed E-state index contributed by atoms with van der Waals surface area (Å²) in [5.74, 6) is 1.05. The summed E-state index contributed by atoms with van der Waals surface area (Å²) in [5.41, 5.74) is 0. The van der Waals surface area contributed by atoms with Crippen molar-refractivity contribution in [2.24, 2.45) is 0 Å². The third-order valence-corrected chi connectivity index (χ3v) is 4.74. The molecule has 0 bridgehead atoms. The zero-order valence-corrected chi connectivity index (χ0v) is 16.1. The van der Waals surface area contributed by atoms with E-state index in [-0.39, 0.29) is 0 Å². The molecule has 3 heteroatoms. The SMILES string of the molecule is CCC[N+](C)(CCCCCCS)CCCCCCN(C)C. The second-order valence-electron chi connectivity index (χ2n) is 7.15. The Bertz CT molecular complexity index is 221. The number of unbranched alkanes of at least 4 members (excludes halogenated alkanes) is 6. The first kappa shape index (κ1) is 21.3. The number of thiol groups is 1. The van der Waals surface area contributed by atoms with Gasteiger partial charge in [-0.1, -0.05) is 19.8 Å². The van der Waals surface area contributed by atoms with Gasteiger partial charge in [-0.15, -0.1) is 0 Å². The molecular formula is C18H41N2S+. The lowest BCUT2D eigenvalue weighted by Gasteiger charge is -2.34. The van der Waals surface area contributed by atoms with E-state index < -0.39 is 0 Å². The van der Waals surface area contributed by atoms with Crippen LogP contribution in [0.1, 0.15) is 64.7 Å². The lowest BCUT2D eigenvalue weighted by atomic mass is 10.1. The van der Waals surface area contributed by atoms with Gasteiger partial charge in [0.2, 0.25) is 0 Å². The molecule has 0 N–H and O–H groups in total. The molecule has 0 saturated carbocycles. The molecular weight excluding hydrogens is 276 g/mol. The second kappa shape index (κ2) is 13.9. The van der Waals surface area contributed by atoms with Crippen LogP contribution in [0.3, 0.4) is 0 Å². The molecule has 2 nitrogen and oxygen atoms in total. The van der Waals surface area contributed by atoms with Crippen molar-refractivity contribution in [2.45, 2.75) is 64.7 Å². The summed E-state index contributed by atoms with van der Waals surface area (Å²) in [6, 6.07) is 0. The monoisotopic (exact) mass is 317 g/mol. The zero-order chi connectivity index (χ0) is 16.0. The van der Waals surface area contributed by atoms with Crippen LogP contribution in [-0.4, -0.2) is 62.5 Å². The van der Waals surface area contributed by atoms with Crippen molar-refractivity contribution in [1.29, 1.82) is 0 Å². The van der Waals surface area contributed by atoms with Crippen molar-refractivity contribution in [2.75, 3.05) is 53.1 Å². The Morgan fingerprint density at radius 3 is 1.76 bits per heavy atom. The lowest BCUT2D eigenvalue weighted by Crippen LogP contribution is -2.46. The fourth-order valence-electron chi connectivity index (χ4n) is 3.11. The highest BCUT2D eigenvalue weighted by atomic mass is 32.1. The summed E-state index contributed by atoms with van der Waals surface area (Å²) < 4.78 is 1.30. The molecule has 128 valence electrons. The molecule has 0 aromatic rings. The van der Waals surface area contributed by atoms with Crippen LogP contribution in [0.2, 0.25) is 0 Å². The van der Waals surface area contributed by atoms with Crippen LogP contribution in [0.5, 0.6) is 0 Å². The van der Waals surface area contributed by atoms with Crippen LogP contribution < -0.4 is 0 Å². The third-order valence-electron chi connectivity index (χ3n) is 4.42. The van der Waals surface area contributed by atoms with E-state index in [4.69, 9.17) is 0 Å². The Morgan fingerprint density at radius 2 is 1.29 bits per heavy atom. The zero-order valence-electron chi connectivity index (χ0n) is 15.2. The molecule has 0 radical (unpaired) electrons. The van der Waals surface area contributed by atoms with Crippen molar-refractivity contribution < 1.29 is 4.48 Å². The molecule has 0 aromatic carbocycles. The van der Waals surface area contributed by atoms with Crippen LogP contribution in [0, 0.1) is 0 Å². The van der Waals surface area contributed by atoms with Crippen molar-refractivity contribution in [3.63, 3.8) is 0 Å². The molecule has 0 rings (SSSR count). The molecule has 0 saturated heterocycles. The average molecular weight is 318 g/mol. The Morgan fingerprint density at radius 1 is 0.762 bits per heavy atom. The molecule has 0 amide bonds. The summed E-state index contributed by atoms with van der Waals surface area (Å²) in [6.07, 6.45) is 12.3. The van der Waals surface area contributed by atoms with Crippen molar-refractivity contribution in [3.05, 3.63) is 0 Å². The maximum Gasteiger partial charge on any atom is 0.0784 e. The summed E-state index contributed by atoms with van der Waals surface area (Å²) in [7, 11) is 6.81. The van der Waals surface area contributed by atoms with E-state index in [0.29, 0.717) is 0 Å². The van der Waals surface area contributed by atoms with Gasteiger partial charge in [-0.2, -0.15) is 12.6 Å². The van der Waals surface area contributed by atoms with E-state index >= 15 is 0 Å². The Hall–Kier alpha value is 0.270. The molecule has 21 heavy (non-hydrogen) atoms. The Labute approximate surface area is 140 Å². The first-order chi connectivity index (χ1) is 10.0. The van der Waals surface area contributed by atoms with Crippen LogP contribution >= 0.6 is 12.6 Å². The molecule has 0 aromatic heterocycles. The number of nitrogens with zero attached hydrogens (tertiary/aromatic N) is 2.